The average Bonchev–Trinajstić information content (AvgIpc) is 3.18. The van der Waals surface area contributed by atoms with Crippen LogP contribution in [0.25, 0.3) is 0 Å². The fourth-order valence-corrected chi connectivity index (χ4v) is 2.76. The quantitative estimate of drug-likeness (QED) is 0.894. The predicted octanol–water partition coefficient (Wildman–Crippen LogP) is 2.72. The zero-order chi connectivity index (χ0) is 13.6. The number of nitrogens with zero attached hydrogens (tertiary/aromatic N) is 2. The van der Waals surface area contributed by atoms with Crippen molar-refractivity contribution in [3.8, 4) is 0 Å². The van der Waals surface area contributed by atoms with Gasteiger partial charge < -0.3 is 5.32 Å². The monoisotopic (exact) mass is 273 g/mol. The van der Waals surface area contributed by atoms with E-state index in [2.05, 4.69) is 10.4 Å². The van der Waals surface area contributed by atoms with Gasteiger partial charge in [0, 0.05) is 31.4 Å². The summed E-state index contributed by atoms with van der Waals surface area (Å²) < 4.78 is 39.7. The van der Waals surface area contributed by atoms with Gasteiger partial charge in [-0.1, -0.05) is 0 Å². The first-order valence-electron chi connectivity index (χ1n) is 6.78. The first kappa shape index (κ1) is 13.0. The Morgan fingerprint density at radius 1 is 1.32 bits per heavy atom. The highest BCUT2D eigenvalue weighted by molar-refractivity contribution is 5.20. The lowest BCUT2D eigenvalue weighted by Crippen LogP contribution is -2.33. The zero-order valence-electron chi connectivity index (χ0n) is 10.9. The molecule has 1 N–H and O–H groups in total. The summed E-state index contributed by atoms with van der Waals surface area (Å²) in [7, 11) is 1.53. The van der Waals surface area contributed by atoms with Crippen LogP contribution in [0.15, 0.2) is 6.20 Å². The van der Waals surface area contributed by atoms with Crippen LogP contribution in [0.1, 0.15) is 36.9 Å². The topological polar surface area (TPSA) is 29.9 Å². The Hall–Kier alpha value is -1.04. The van der Waals surface area contributed by atoms with Gasteiger partial charge in [0.1, 0.15) is 0 Å². The van der Waals surface area contributed by atoms with Crippen molar-refractivity contribution < 1.29 is 13.2 Å². The van der Waals surface area contributed by atoms with Gasteiger partial charge in [-0.2, -0.15) is 18.3 Å². The number of hydrogen-bond donors (Lipinski definition) is 1. The van der Waals surface area contributed by atoms with Gasteiger partial charge >= 0.3 is 6.18 Å². The summed E-state index contributed by atoms with van der Waals surface area (Å²) in [5, 5.41) is 6.86. The van der Waals surface area contributed by atoms with E-state index in [4.69, 9.17) is 0 Å². The molecule has 3 nitrogen and oxygen atoms in total. The number of alkyl halides is 3. The molecule has 0 spiro atoms. The molecule has 1 heterocycles. The fraction of sp³-hybridized carbons (Fsp3) is 0.769. The van der Waals surface area contributed by atoms with Gasteiger partial charge in [-0.3, -0.25) is 4.68 Å². The molecule has 2 saturated carbocycles. The number of rotatable bonds is 5. The summed E-state index contributed by atoms with van der Waals surface area (Å²) in [6.45, 7) is 0.264. The van der Waals surface area contributed by atoms with Gasteiger partial charge in [0.2, 0.25) is 0 Å². The molecule has 0 atom stereocenters. The molecule has 0 saturated heterocycles. The molecule has 19 heavy (non-hydrogen) atoms. The highest BCUT2D eigenvalue weighted by Gasteiger charge is 2.42. The molecule has 0 amide bonds. The molecule has 1 aromatic rings. The van der Waals surface area contributed by atoms with E-state index in [9.17, 15) is 13.2 Å². The van der Waals surface area contributed by atoms with Crippen LogP contribution in [0.3, 0.4) is 0 Å². The van der Waals surface area contributed by atoms with E-state index < -0.39 is 11.9 Å². The summed E-state index contributed by atoms with van der Waals surface area (Å²) in [6.07, 6.45) is 1.96. The number of aryl methyl sites for hydroxylation is 1. The van der Waals surface area contributed by atoms with Crippen molar-refractivity contribution in [3.05, 3.63) is 17.5 Å². The smallest absolute Gasteiger partial charge is 0.309 e. The third-order valence-corrected chi connectivity index (χ3v) is 3.96. The van der Waals surface area contributed by atoms with E-state index in [0.29, 0.717) is 17.9 Å². The normalized spacial score (nSPS) is 20.3. The summed E-state index contributed by atoms with van der Waals surface area (Å²) in [4.78, 5) is 0. The Bertz CT molecular complexity index is 446. The maximum atomic E-state index is 12.8. The van der Waals surface area contributed by atoms with Crippen LogP contribution < -0.4 is 5.32 Å². The molecule has 0 unspecified atom stereocenters. The van der Waals surface area contributed by atoms with Crippen molar-refractivity contribution in [1.82, 2.24) is 15.1 Å². The Kier molecular flexibility index (Phi) is 3.08. The Morgan fingerprint density at radius 2 is 1.89 bits per heavy atom. The minimum atomic E-state index is -4.37. The van der Waals surface area contributed by atoms with Crippen LogP contribution in [0.5, 0.6) is 0 Å². The van der Waals surface area contributed by atoms with Gasteiger partial charge in [-0.15, -0.1) is 0 Å². The highest BCUT2D eigenvalue weighted by Crippen LogP contribution is 2.44. The molecule has 3 rings (SSSR count). The predicted molar refractivity (Wildman–Crippen MR) is 64.3 cm³/mol. The van der Waals surface area contributed by atoms with Crippen LogP contribution in [-0.4, -0.2) is 15.8 Å². The van der Waals surface area contributed by atoms with Gasteiger partial charge in [-0.05, 0) is 37.5 Å². The van der Waals surface area contributed by atoms with E-state index in [1.54, 1.807) is 0 Å². The average molecular weight is 273 g/mol. The molecule has 2 aliphatic carbocycles. The summed E-state index contributed by atoms with van der Waals surface area (Å²) >= 11 is 0. The van der Waals surface area contributed by atoms with Gasteiger partial charge in [0.25, 0.3) is 0 Å². The van der Waals surface area contributed by atoms with E-state index in [1.165, 1.54) is 43.6 Å². The molecule has 2 fully saturated rings. The minimum absolute atomic E-state index is 0.251. The first-order chi connectivity index (χ1) is 8.95. The van der Waals surface area contributed by atoms with Crippen molar-refractivity contribution in [2.24, 2.45) is 18.9 Å². The third-order valence-electron chi connectivity index (χ3n) is 3.96. The Labute approximate surface area is 110 Å². The maximum absolute atomic E-state index is 12.8. The van der Waals surface area contributed by atoms with Crippen molar-refractivity contribution in [3.63, 3.8) is 0 Å². The number of nitrogens with one attached hydrogen (secondary N) is 1. The molecule has 0 aliphatic heterocycles. The third kappa shape index (κ3) is 2.94. The maximum Gasteiger partial charge on any atom is 0.435 e. The lowest BCUT2D eigenvalue weighted by molar-refractivity contribution is -0.142. The second kappa shape index (κ2) is 4.51. The molecule has 0 radical (unpaired) electrons. The SMILES string of the molecule is Cn1cc(CNC(C2CC2)C2CC2)c(C(F)(F)F)n1. The molecular weight excluding hydrogens is 255 g/mol. The van der Waals surface area contributed by atoms with Gasteiger partial charge in [0.15, 0.2) is 5.69 Å². The van der Waals surface area contributed by atoms with E-state index in [1.807, 2.05) is 0 Å². The standard InChI is InChI=1S/C13H18F3N3/c1-19-7-10(12(18-19)13(14,15)16)6-17-11(8-2-3-8)9-4-5-9/h7-9,11,17H,2-6H2,1H3. The summed E-state index contributed by atoms with van der Waals surface area (Å²) in [6, 6.07) is 0.404. The van der Waals surface area contributed by atoms with Crippen LogP contribution in [0.4, 0.5) is 13.2 Å². The highest BCUT2D eigenvalue weighted by atomic mass is 19.4. The summed E-state index contributed by atoms with van der Waals surface area (Å²) in [5.41, 5.74) is -0.505. The first-order valence-corrected chi connectivity index (χ1v) is 6.78. The Balaban J connectivity index is 1.68. The molecular formula is C13H18F3N3. The van der Waals surface area contributed by atoms with Crippen molar-refractivity contribution in [2.45, 2.75) is 44.4 Å². The largest absolute Gasteiger partial charge is 0.435 e. The second-order valence-electron chi connectivity index (χ2n) is 5.76. The van der Waals surface area contributed by atoms with Gasteiger partial charge in [0.05, 0.1) is 0 Å². The minimum Gasteiger partial charge on any atom is -0.309 e. The second-order valence-corrected chi connectivity index (χ2v) is 5.76. The van der Waals surface area contributed by atoms with Crippen LogP contribution in [0, 0.1) is 11.8 Å². The van der Waals surface area contributed by atoms with Crippen molar-refractivity contribution in [2.75, 3.05) is 0 Å². The molecule has 2 aliphatic rings. The van der Waals surface area contributed by atoms with Crippen LogP contribution >= 0.6 is 0 Å². The van der Waals surface area contributed by atoms with Crippen molar-refractivity contribution >= 4 is 0 Å². The number of hydrogen-bond acceptors (Lipinski definition) is 2. The lowest BCUT2D eigenvalue weighted by atomic mass is 10.1. The van der Waals surface area contributed by atoms with Crippen LogP contribution in [-0.2, 0) is 19.8 Å². The molecule has 0 aromatic carbocycles. The molecule has 106 valence electrons. The molecule has 0 bridgehead atoms. The zero-order valence-corrected chi connectivity index (χ0v) is 10.9. The lowest BCUT2D eigenvalue weighted by Gasteiger charge is -2.17. The van der Waals surface area contributed by atoms with E-state index >= 15 is 0 Å². The van der Waals surface area contributed by atoms with E-state index in [-0.39, 0.29) is 12.1 Å². The summed E-state index contributed by atoms with van der Waals surface area (Å²) in [5.74, 6) is 1.36. The molecule has 1 aromatic heterocycles. The number of halogens is 3. The Morgan fingerprint density at radius 3 is 2.37 bits per heavy atom. The van der Waals surface area contributed by atoms with E-state index in [0.717, 1.165) is 0 Å². The van der Waals surface area contributed by atoms with Crippen LogP contribution in [0.2, 0.25) is 0 Å². The molecule has 6 heteroatoms. The van der Waals surface area contributed by atoms with Crippen molar-refractivity contribution in [1.29, 1.82) is 0 Å². The number of aromatic nitrogens is 2. The fourth-order valence-electron chi connectivity index (χ4n) is 2.76. The van der Waals surface area contributed by atoms with Gasteiger partial charge in [-0.25, -0.2) is 0 Å².